The van der Waals surface area contributed by atoms with Gasteiger partial charge in [0, 0.05) is 37.5 Å². The minimum Gasteiger partial charge on any atom is -0.337 e. The third-order valence-corrected chi connectivity index (χ3v) is 4.60. The summed E-state index contributed by atoms with van der Waals surface area (Å²) in [4.78, 5) is 24.9. The van der Waals surface area contributed by atoms with Gasteiger partial charge in [-0.3, -0.25) is 14.9 Å². The summed E-state index contributed by atoms with van der Waals surface area (Å²) in [6, 6.07) is 7.83. The van der Waals surface area contributed by atoms with E-state index in [2.05, 4.69) is 5.10 Å². The van der Waals surface area contributed by atoms with Gasteiger partial charge in [0.25, 0.3) is 11.6 Å². The summed E-state index contributed by atoms with van der Waals surface area (Å²) in [5.41, 5.74) is 6.83. The van der Waals surface area contributed by atoms with Crippen LogP contribution in [0.25, 0.3) is 5.69 Å². The largest absolute Gasteiger partial charge is 0.337 e. The predicted molar refractivity (Wildman–Crippen MR) is 92.5 cm³/mol. The van der Waals surface area contributed by atoms with Crippen LogP contribution in [0.1, 0.15) is 30.3 Å². The topological polar surface area (TPSA) is 107 Å². The number of nitrogens with two attached hydrogens (primary N) is 1. The Bertz CT molecular complexity index is 786. The lowest BCUT2D eigenvalue weighted by molar-refractivity contribution is -0.384. The van der Waals surface area contributed by atoms with Crippen LogP contribution in [0.3, 0.4) is 0 Å². The van der Waals surface area contributed by atoms with Crippen molar-refractivity contribution in [2.45, 2.75) is 25.8 Å². The second kappa shape index (κ2) is 7.02. The molecule has 132 valence electrons. The molecule has 1 amide bonds. The fourth-order valence-corrected chi connectivity index (χ4v) is 3.12. The van der Waals surface area contributed by atoms with Crippen molar-refractivity contribution in [2.24, 2.45) is 11.7 Å². The lowest BCUT2D eigenvalue weighted by Crippen LogP contribution is -2.45. The molecular formula is C17H21N5O3. The quantitative estimate of drug-likeness (QED) is 0.674. The number of benzene rings is 1. The summed E-state index contributed by atoms with van der Waals surface area (Å²) in [6.45, 7) is 3.31. The van der Waals surface area contributed by atoms with E-state index in [-0.39, 0.29) is 17.6 Å². The summed E-state index contributed by atoms with van der Waals surface area (Å²) >= 11 is 0. The van der Waals surface area contributed by atoms with Gasteiger partial charge in [0.05, 0.1) is 10.6 Å². The van der Waals surface area contributed by atoms with Gasteiger partial charge < -0.3 is 10.6 Å². The highest BCUT2D eigenvalue weighted by molar-refractivity contribution is 5.92. The van der Waals surface area contributed by atoms with E-state index in [1.54, 1.807) is 29.3 Å². The fraction of sp³-hybridized carbons (Fsp3) is 0.412. The van der Waals surface area contributed by atoms with Crippen LogP contribution in [-0.2, 0) is 0 Å². The first-order valence-corrected chi connectivity index (χ1v) is 8.31. The van der Waals surface area contributed by atoms with Crippen molar-refractivity contribution >= 4 is 11.6 Å². The molecule has 0 spiro atoms. The van der Waals surface area contributed by atoms with E-state index >= 15 is 0 Å². The molecule has 0 radical (unpaired) electrons. The van der Waals surface area contributed by atoms with Gasteiger partial charge in [-0.15, -0.1) is 0 Å². The smallest absolute Gasteiger partial charge is 0.274 e. The molecule has 2 heterocycles. The minimum atomic E-state index is -0.457. The van der Waals surface area contributed by atoms with Crippen molar-refractivity contribution in [2.75, 3.05) is 13.1 Å². The van der Waals surface area contributed by atoms with Crippen LogP contribution in [-0.4, -0.2) is 44.6 Å². The lowest BCUT2D eigenvalue weighted by atomic mass is 9.92. The molecule has 1 aliphatic heterocycles. The minimum absolute atomic E-state index is 0.0170. The van der Waals surface area contributed by atoms with Crippen LogP contribution >= 0.6 is 0 Å². The molecule has 8 heteroatoms. The maximum absolute atomic E-state index is 12.7. The Balaban J connectivity index is 1.78. The number of amides is 1. The molecule has 2 N–H and O–H groups in total. The molecule has 2 atom stereocenters. The Hall–Kier alpha value is -2.74. The van der Waals surface area contributed by atoms with Gasteiger partial charge in [-0.1, -0.05) is 6.07 Å². The predicted octanol–water partition coefficient (Wildman–Crippen LogP) is 1.98. The summed E-state index contributed by atoms with van der Waals surface area (Å²) in [6.07, 6.45) is 3.60. The number of carbonyl (C=O) groups is 1. The zero-order valence-corrected chi connectivity index (χ0v) is 14.0. The number of piperidine rings is 1. The molecule has 0 aliphatic carbocycles. The third kappa shape index (κ3) is 3.69. The van der Waals surface area contributed by atoms with Gasteiger partial charge in [0.2, 0.25) is 0 Å². The Kier molecular flexibility index (Phi) is 4.80. The van der Waals surface area contributed by atoms with Crippen LogP contribution in [0.15, 0.2) is 36.5 Å². The molecule has 2 unspecified atom stereocenters. The van der Waals surface area contributed by atoms with Gasteiger partial charge in [-0.05, 0) is 37.8 Å². The van der Waals surface area contributed by atoms with E-state index in [1.807, 2.05) is 6.92 Å². The Morgan fingerprint density at radius 2 is 2.24 bits per heavy atom. The number of rotatable bonds is 4. The van der Waals surface area contributed by atoms with E-state index in [9.17, 15) is 14.9 Å². The number of aromatic nitrogens is 2. The van der Waals surface area contributed by atoms with E-state index in [0.717, 1.165) is 12.8 Å². The van der Waals surface area contributed by atoms with Crippen molar-refractivity contribution in [1.29, 1.82) is 0 Å². The summed E-state index contributed by atoms with van der Waals surface area (Å²) < 4.78 is 1.48. The van der Waals surface area contributed by atoms with Crippen molar-refractivity contribution in [1.82, 2.24) is 14.7 Å². The maximum atomic E-state index is 12.7. The molecule has 1 fully saturated rings. The molecule has 1 saturated heterocycles. The molecule has 0 saturated carbocycles. The van der Waals surface area contributed by atoms with Crippen molar-refractivity contribution in [3.63, 3.8) is 0 Å². The molecule has 1 aromatic heterocycles. The van der Waals surface area contributed by atoms with Crippen molar-refractivity contribution in [3.8, 4) is 5.69 Å². The van der Waals surface area contributed by atoms with E-state index < -0.39 is 4.92 Å². The van der Waals surface area contributed by atoms with Gasteiger partial charge in [-0.2, -0.15) is 5.10 Å². The van der Waals surface area contributed by atoms with Gasteiger partial charge in [0.15, 0.2) is 5.69 Å². The Morgan fingerprint density at radius 1 is 1.44 bits per heavy atom. The summed E-state index contributed by atoms with van der Waals surface area (Å²) in [5.74, 6) is 0.172. The normalized spacial score (nSPS) is 18.8. The van der Waals surface area contributed by atoms with Crippen LogP contribution < -0.4 is 5.73 Å². The van der Waals surface area contributed by atoms with Crippen molar-refractivity contribution in [3.05, 3.63) is 52.3 Å². The number of hydrogen-bond acceptors (Lipinski definition) is 5. The number of hydrogen-bond donors (Lipinski definition) is 1. The highest BCUT2D eigenvalue weighted by Gasteiger charge is 2.27. The van der Waals surface area contributed by atoms with Crippen LogP contribution in [0.4, 0.5) is 5.69 Å². The third-order valence-electron chi connectivity index (χ3n) is 4.60. The molecule has 0 bridgehead atoms. The first-order chi connectivity index (χ1) is 12.0. The standard InChI is InChI=1S/C17H21N5O3/c1-12(18)13-4-3-8-20(11-13)17(23)16-7-9-21(19-16)14-5-2-6-15(10-14)22(24)25/h2,5-7,9-10,12-13H,3-4,8,11,18H2,1H3. The monoisotopic (exact) mass is 343 g/mol. The molecule has 1 aromatic carbocycles. The van der Waals surface area contributed by atoms with Gasteiger partial charge >= 0.3 is 0 Å². The lowest BCUT2D eigenvalue weighted by Gasteiger charge is -2.34. The average molecular weight is 343 g/mol. The van der Waals surface area contributed by atoms with Gasteiger partial charge in [0.1, 0.15) is 0 Å². The zero-order valence-electron chi connectivity index (χ0n) is 14.0. The number of nitro benzene ring substituents is 1. The SMILES string of the molecule is CC(N)C1CCCN(C(=O)c2ccn(-c3cccc([N+](=O)[O-])c3)n2)C1. The first kappa shape index (κ1) is 17.1. The number of nitrogens with zero attached hydrogens (tertiary/aromatic N) is 4. The van der Waals surface area contributed by atoms with E-state index in [1.165, 1.54) is 16.8 Å². The summed E-state index contributed by atoms with van der Waals surface area (Å²) in [5, 5.41) is 15.2. The molecule has 3 rings (SSSR count). The second-order valence-corrected chi connectivity index (χ2v) is 6.44. The zero-order chi connectivity index (χ0) is 18.0. The Morgan fingerprint density at radius 3 is 2.96 bits per heavy atom. The number of nitro groups is 1. The van der Waals surface area contributed by atoms with Crippen LogP contribution in [0, 0.1) is 16.0 Å². The van der Waals surface area contributed by atoms with Crippen molar-refractivity contribution < 1.29 is 9.72 Å². The van der Waals surface area contributed by atoms with Crippen LogP contribution in [0.5, 0.6) is 0 Å². The second-order valence-electron chi connectivity index (χ2n) is 6.44. The molecule has 1 aliphatic rings. The molecule has 2 aromatic rings. The van der Waals surface area contributed by atoms with E-state index in [4.69, 9.17) is 5.73 Å². The highest BCUT2D eigenvalue weighted by atomic mass is 16.6. The van der Waals surface area contributed by atoms with Gasteiger partial charge in [-0.25, -0.2) is 4.68 Å². The maximum Gasteiger partial charge on any atom is 0.274 e. The number of likely N-dealkylation sites (tertiary alicyclic amines) is 1. The summed E-state index contributed by atoms with van der Waals surface area (Å²) in [7, 11) is 0. The molecule has 25 heavy (non-hydrogen) atoms. The first-order valence-electron chi connectivity index (χ1n) is 8.31. The fourth-order valence-electron chi connectivity index (χ4n) is 3.12. The average Bonchev–Trinajstić information content (AvgIpc) is 3.11. The number of non-ortho nitro benzene ring substituents is 1. The Labute approximate surface area is 145 Å². The van der Waals surface area contributed by atoms with Crippen LogP contribution in [0.2, 0.25) is 0 Å². The molecule has 8 nitrogen and oxygen atoms in total. The number of carbonyl (C=O) groups excluding carboxylic acids is 1. The molecular weight excluding hydrogens is 322 g/mol. The highest BCUT2D eigenvalue weighted by Crippen LogP contribution is 2.21. The van der Waals surface area contributed by atoms with E-state index in [0.29, 0.717) is 30.4 Å².